The molecule has 19 heavy (non-hydrogen) atoms. The van der Waals surface area contributed by atoms with E-state index in [9.17, 15) is 4.79 Å². The Morgan fingerprint density at radius 1 is 1.42 bits per heavy atom. The van der Waals surface area contributed by atoms with Gasteiger partial charge in [-0.15, -0.1) is 11.3 Å². The van der Waals surface area contributed by atoms with Crippen molar-refractivity contribution in [2.45, 2.75) is 17.0 Å². The number of carbonyl (C=O) groups is 1. The molecule has 2 rings (SSSR count). The molecule has 0 atom stereocenters. The van der Waals surface area contributed by atoms with Gasteiger partial charge in [0.25, 0.3) is 0 Å². The number of hydrogen-bond acceptors (Lipinski definition) is 4. The van der Waals surface area contributed by atoms with E-state index in [1.807, 2.05) is 36.6 Å². The molecule has 0 spiro atoms. The van der Waals surface area contributed by atoms with E-state index in [4.69, 9.17) is 5.11 Å². The molecule has 0 amide bonds. The average molecular weight is 291 g/mol. The summed E-state index contributed by atoms with van der Waals surface area (Å²) in [7, 11) is 0. The first-order valence-corrected chi connectivity index (χ1v) is 7.55. The van der Waals surface area contributed by atoms with Crippen LogP contribution in [0.4, 0.5) is 0 Å². The highest BCUT2D eigenvalue weighted by atomic mass is 32.2. The number of rotatable bonds is 5. The molecule has 1 aromatic heterocycles. The SMILES string of the molecule is Cc1csc(SCc2ccc(C=CC(=O)O)cc2)n1. The van der Waals surface area contributed by atoms with E-state index in [-0.39, 0.29) is 0 Å². The molecule has 1 N–H and O–H groups in total. The van der Waals surface area contributed by atoms with Gasteiger partial charge in [-0.1, -0.05) is 36.0 Å². The number of carboxylic acid groups (broad SMARTS) is 1. The van der Waals surface area contributed by atoms with Gasteiger partial charge in [-0.2, -0.15) is 0 Å². The first-order valence-electron chi connectivity index (χ1n) is 5.68. The molecule has 5 heteroatoms. The Morgan fingerprint density at radius 3 is 2.74 bits per heavy atom. The van der Waals surface area contributed by atoms with Gasteiger partial charge >= 0.3 is 5.97 Å². The number of benzene rings is 1. The van der Waals surface area contributed by atoms with Crippen molar-refractivity contribution < 1.29 is 9.90 Å². The molecule has 1 aromatic carbocycles. The molecule has 0 aliphatic rings. The Bertz CT molecular complexity index is 588. The summed E-state index contributed by atoms with van der Waals surface area (Å²) in [6.07, 6.45) is 2.73. The van der Waals surface area contributed by atoms with Gasteiger partial charge in [-0.05, 0) is 24.1 Å². The monoisotopic (exact) mass is 291 g/mol. The highest BCUT2D eigenvalue weighted by molar-refractivity contribution is 8.00. The molecule has 3 nitrogen and oxygen atoms in total. The minimum absolute atomic E-state index is 0.871. The van der Waals surface area contributed by atoms with Crippen LogP contribution in [0.15, 0.2) is 40.1 Å². The van der Waals surface area contributed by atoms with Gasteiger partial charge in [0.05, 0.1) is 0 Å². The molecule has 98 valence electrons. The summed E-state index contributed by atoms with van der Waals surface area (Å²) >= 11 is 3.37. The van der Waals surface area contributed by atoms with Crippen LogP contribution in [0.2, 0.25) is 0 Å². The first-order chi connectivity index (χ1) is 9.13. The number of thiazole rings is 1. The van der Waals surface area contributed by atoms with E-state index in [1.165, 1.54) is 5.56 Å². The molecule has 0 saturated heterocycles. The maximum absolute atomic E-state index is 10.4. The lowest BCUT2D eigenvalue weighted by Crippen LogP contribution is -1.86. The maximum Gasteiger partial charge on any atom is 0.328 e. The highest BCUT2D eigenvalue weighted by Crippen LogP contribution is 2.26. The van der Waals surface area contributed by atoms with Gasteiger partial charge < -0.3 is 5.11 Å². The van der Waals surface area contributed by atoms with E-state index in [1.54, 1.807) is 29.2 Å². The molecule has 2 aromatic rings. The van der Waals surface area contributed by atoms with E-state index >= 15 is 0 Å². The summed E-state index contributed by atoms with van der Waals surface area (Å²) < 4.78 is 1.08. The lowest BCUT2D eigenvalue weighted by molar-refractivity contribution is -0.131. The fraction of sp³-hybridized carbons (Fsp3) is 0.143. The number of thioether (sulfide) groups is 1. The van der Waals surface area contributed by atoms with Crippen LogP contribution in [0.5, 0.6) is 0 Å². The number of hydrogen-bond donors (Lipinski definition) is 1. The second-order valence-electron chi connectivity index (χ2n) is 3.96. The molecular formula is C14H13NO2S2. The van der Waals surface area contributed by atoms with Crippen LogP contribution in [0.3, 0.4) is 0 Å². The molecule has 0 unspecified atom stereocenters. The van der Waals surface area contributed by atoms with Crippen LogP contribution in [0.25, 0.3) is 6.08 Å². The molecule has 0 radical (unpaired) electrons. The van der Waals surface area contributed by atoms with Gasteiger partial charge in [-0.25, -0.2) is 9.78 Å². The summed E-state index contributed by atoms with van der Waals surface area (Å²) in [5.74, 6) is -0.0608. The van der Waals surface area contributed by atoms with Crippen molar-refractivity contribution in [2.24, 2.45) is 0 Å². The average Bonchev–Trinajstić information content (AvgIpc) is 2.81. The normalized spacial score (nSPS) is 11.0. The molecule has 0 bridgehead atoms. The molecular weight excluding hydrogens is 278 g/mol. The lowest BCUT2D eigenvalue weighted by Gasteiger charge is -2.00. The van der Waals surface area contributed by atoms with E-state index in [0.29, 0.717) is 0 Å². The van der Waals surface area contributed by atoms with Gasteiger partial charge in [0.1, 0.15) is 4.34 Å². The number of aryl methyl sites for hydroxylation is 1. The Kier molecular flexibility index (Phi) is 4.76. The molecule has 0 aliphatic carbocycles. The minimum atomic E-state index is -0.932. The third-order valence-corrected chi connectivity index (χ3v) is 4.57. The Hall–Kier alpha value is -1.59. The smallest absolute Gasteiger partial charge is 0.328 e. The number of carboxylic acids is 1. The second-order valence-corrected chi connectivity index (χ2v) is 6.04. The topological polar surface area (TPSA) is 50.2 Å². The first kappa shape index (κ1) is 13.8. The quantitative estimate of drug-likeness (QED) is 0.671. The summed E-state index contributed by atoms with van der Waals surface area (Å²) in [5.41, 5.74) is 3.15. The van der Waals surface area contributed by atoms with Crippen molar-refractivity contribution in [1.29, 1.82) is 0 Å². The van der Waals surface area contributed by atoms with Crippen LogP contribution in [-0.2, 0) is 10.5 Å². The number of aromatic nitrogens is 1. The van der Waals surface area contributed by atoms with Gasteiger partial charge in [0, 0.05) is 22.9 Å². The zero-order valence-corrected chi connectivity index (χ0v) is 12.0. The minimum Gasteiger partial charge on any atom is -0.478 e. The Morgan fingerprint density at radius 2 is 2.16 bits per heavy atom. The standard InChI is InChI=1S/C14H13NO2S2/c1-10-8-18-14(15-10)19-9-12-4-2-11(3-5-12)6-7-13(16)17/h2-8H,9H2,1H3,(H,16,17). The molecule has 1 heterocycles. The second kappa shape index (κ2) is 6.54. The van der Waals surface area contributed by atoms with Crippen LogP contribution in [0.1, 0.15) is 16.8 Å². The fourth-order valence-electron chi connectivity index (χ4n) is 1.44. The predicted molar refractivity (Wildman–Crippen MR) is 79.5 cm³/mol. The van der Waals surface area contributed by atoms with E-state index < -0.39 is 5.97 Å². The number of nitrogens with zero attached hydrogens (tertiary/aromatic N) is 1. The highest BCUT2D eigenvalue weighted by Gasteiger charge is 2.00. The zero-order chi connectivity index (χ0) is 13.7. The summed E-state index contributed by atoms with van der Waals surface area (Å²) in [5, 5.41) is 10.6. The van der Waals surface area contributed by atoms with Gasteiger partial charge in [-0.3, -0.25) is 0 Å². The van der Waals surface area contributed by atoms with Crippen LogP contribution in [0, 0.1) is 6.92 Å². The van der Waals surface area contributed by atoms with E-state index in [0.717, 1.165) is 27.4 Å². The predicted octanol–water partition coefficient (Wildman–Crippen LogP) is 3.84. The van der Waals surface area contributed by atoms with Crippen LogP contribution < -0.4 is 0 Å². The van der Waals surface area contributed by atoms with E-state index in [2.05, 4.69) is 4.98 Å². The van der Waals surface area contributed by atoms with Crippen molar-refractivity contribution in [3.8, 4) is 0 Å². The third-order valence-electron chi connectivity index (χ3n) is 2.36. The van der Waals surface area contributed by atoms with Crippen molar-refractivity contribution in [3.05, 3.63) is 52.5 Å². The van der Waals surface area contributed by atoms with Crippen molar-refractivity contribution in [3.63, 3.8) is 0 Å². The van der Waals surface area contributed by atoms with Crippen molar-refractivity contribution in [1.82, 2.24) is 4.98 Å². The van der Waals surface area contributed by atoms with Crippen LogP contribution in [-0.4, -0.2) is 16.1 Å². The summed E-state index contributed by atoms with van der Waals surface area (Å²) in [6, 6.07) is 7.86. The Balaban J connectivity index is 1.93. The summed E-state index contributed by atoms with van der Waals surface area (Å²) in [4.78, 5) is 14.8. The van der Waals surface area contributed by atoms with Gasteiger partial charge in [0.15, 0.2) is 0 Å². The van der Waals surface area contributed by atoms with Gasteiger partial charge in [0.2, 0.25) is 0 Å². The van der Waals surface area contributed by atoms with Crippen molar-refractivity contribution in [2.75, 3.05) is 0 Å². The van der Waals surface area contributed by atoms with Crippen molar-refractivity contribution >= 4 is 35.1 Å². The fourth-order valence-corrected chi connectivity index (χ4v) is 3.24. The summed E-state index contributed by atoms with van der Waals surface area (Å²) in [6.45, 7) is 1.99. The zero-order valence-electron chi connectivity index (χ0n) is 10.4. The lowest BCUT2D eigenvalue weighted by atomic mass is 10.1. The largest absolute Gasteiger partial charge is 0.478 e. The van der Waals surface area contributed by atoms with Crippen LogP contribution >= 0.6 is 23.1 Å². The Labute approximate surface area is 120 Å². The molecule has 0 saturated carbocycles. The third kappa shape index (κ3) is 4.54. The molecule has 0 fully saturated rings. The number of aliphatic carboxylic acids is 1. The molecule has 0 aliphatic heterocycles. The maximum atomic E-state index is 10.4.